The Morgan fingerprint density at radius 2 is 2.00 bits per heavy atom. The molecular formula is C14H11F2N3S. The fourth-order valence-corrected chi connectivity index (χ4v) is 2.73. The second-order valence-corrected chi connectivity index (χ2v) is 5.15. The van der Waals surface area contributed by atoms with Gasteiger partial charge in [-0.25, -0.2) is 9.97 Å². The van der Waals surface area contributed by atoms with E-state index in [2.05, 4.69) is 9.97 Å². The largest absolute Gasteiger partial charge is 0.319 e. The third-order valence-corrected chi connectivity index (χ3v) is 3.81. The van der Waals surface area contributed by atoms with Gasteiger partial charge in [0.1, 0.15) is 5.82 Å². The molecule has 6 heteroatoms. The maximum Gasteiger partial charge on any atom is 0.319 e. The monoisotopic (exact) mass is 291 g/mol. The van der Waals surface area contributed by atoms with E-state index in [1.165, 1.54) is 24.2 Å². The highest BCUT2D eigenvalue weighted by Crippen LogP contribution is 2.24. The summed E-state index contributed by atoms with van der Waals surface area (Å²) in [6.45, 7) is -2.56. The van der Waals surface area contributed by atoms with Crippen molar-refractivity contribution in [2.45, 2.75) is 17.3 Å². The van der Waals surface area contributed by atoms with Crippen LogP contribution in [0.2, 0.25) is 0 Å². The first kappa shape index (κ1) is 13.1. The van der Waals surface area contributed by atoms with Crippen molar-refractivity contribution < 1.29 is 8.78 Å². The number of hydrogen-bond donors (Lipinski definition) is 0. The van der Waals surface area contributed by atoms with E-state index in [1.807, 2.05) is 36.4 Å². The van der Waals surface area contributed by atoms with Crippen molar-refractivity contribution in [3.8, 4) is 0 Å². The van der Waals surface area contributed by atoms with E-state index in [1.54, 1.807) is 0 Å². The van der Waals surface area contributed by atoms with Gasteiger partial charge in [-0.15, -0.1) is 0 Å². The summed E-state index contributed by atoms with van der Waals surface area (Å²) in [6.07, 6.45) is 2.67. The van der Waals surface area contributed by atoms with Gasteiger partial charge < -0.3 is 0 Å². The maximum absolute atomic E-state index is 12.7. The van der Waals surface area contributed by atoms with Crippen LogP contribution >= 0.6 is 11.8 Å². The highest BCUT2D eigenvalue weighted by molar-refractivity contribution is 7.98. The maximum atomic E-state index is 12.7. The van der Waals surface area contributed by atoms with Gasteiger partial charge in [-0.3, -0.25) is 4.57 Å². The molecule has 0 N–H and O–H groups in total. The van der Waals surface area contributed by atoms with E-state index in [0.29, 0.717) is 11.6 Å². The molecule has 0 radical (unpaired) electrons. The molecule has 0 aliphatic carbocycles. The third-order valence-electron chi connectivity index (χ3n) is 2.88. The molecule has 2 heterocycles. The average molecular weight is 291 g/mol. The van der Waals surface area contributed by atoms with Crippen LogP contribution in [0, 0.1) is 0 Å². The number of hydrogen-bond acceptors (Lipinski definition) is 3. The Kier molecular flexibility index (Phi) is 3.64. The smallest absolute Gasteiger partial charge is 0.277 e. The zero-order chi connectivity index (χ0) is 13.9. The molecule has 3 aromatic rings. The first-order valence-corrected chi connectivity index (χ1v) is 7.01. The van der Waals surface area contributed by atoms with Gasteiger partial charge in [-0.05, 0) is 12.1 Å². The van der Waals surface area contributed by atoms with Gasteiger partial charge in [0.25, 0.3) is 0 Å². The van der Waals surface area contributed by atoms with E-state index in [9.17, 15) is 8.78 Å². The lowest BCUT2D eigenvalue weighted by molar-refractivity contribution is 0.0678. The minimum atomic E-state index is -2.56. The summed E-state index contributed by atoms with van der Waals surface area (Å²) in [5.41, 5.74) is 0.898. The Balaban J connectivity index is 1.78. The Bertz CT molecular complexity index is 727. The summed E-state index contributed by atoms with van der Waals surface area (Å²) in [7, 11) is 0. The van der Waals surface area contributed by atoms with Gasteiger partial charge in [0.2, 0.25) is 0 Å². The number of halogens is 2. The van der Waals surface area contributed by atoms with E-state index >= 15 is 0 Å². The number of alkyl halides is 2. The van der Waals surface area contributed by atoms with Gasteiger partial charge in [-0.2, -0.15) is 8.78 Å². The second kappa shape index (κ2) is 5.58. The molecule has 0 aliphatic rings. The summed E-state index contributed by atoms with van der Waals surface area (Å²) in [6, 6.07) is 11.7. The summed E-state index contributed by atoms with van der Waals surface area (Å²) in [5, 5.41) is 1.86. The normalized spacial score (nSPS) is 11.3. The van der Waals surface area contributed by atoms with E-state index in [0.717, 1.165) is 20.5 Å². The van der Waals surface area contributed by atoms with Crippen LogP contribution in [-0.4, -0.2) is 14.5 Å². The van der Waals surface area contributed by atoms with Gasteiger partial charge in [-0.1, -0.05) is 36.0 Å². The van der Waals surface area contributed by atoms with Crippen LogP contribution in [0.1, 0.15) is 12.4 Å². The number of imidazole rings is 1. The minimum absolute atomic E-state index is 0.347. The van der Waals surface area contributed by atoms with Gasteiger partial charge in [0.15, 0.2) is 0 Å². The minimum Gasteiger partial charge on any atom is -0.277 e. The van der Waals surface area contributed by atoms with Crippen molar-refractivity contribution in [1.82, 2.24) is 14.5 Å². The molecule has 0 saturated carbocycles. The van der Waals surface area contributed by atoms with Crippen molar-refractivity contribution in [3.63, 3.8) is 0 Å². The Morgan fingerprint density at radius 3 is 2.85 bits per heavy atom. The molecule has 2 aromatic heterocycles. The third kappa shape index (κ3) is 2.65. The standard InChI is InChI=1S/C14H11F2N3S/c15-14(16)19-8-7-17-12(19)9-20-13-6-5-10-3-1-2-4-11(10)18-13/h1-8,14H,9H2. The molecule has 102 valence electrons. The molecule has 3 nitrogen and oxygen atoms in total. The fourth-order valence-electron chi connectivity index (χ4n) is 1.90. The number of aromatic nitrogens is 3. The number of fused-ring (bicyclic) bond motifs is 1. The fraction of sp³-hybridized carbons (Fsp3) is 0.143. The molecule has 3 rings (SSSR count). The lowest BCUT2D eigenvalue weighted by Gasteiger charge is -2.06. The molecule has 0 bridgehead atoms. The Labute approximate surface area is 118 Å². The van der Waals surface area contributed by atoms with Crippen LogP contribution < -0.4 is 0 Å². The molecule has 0 fully saturated rings. The van der Waals surface area contributed by atoms with Crippen LogP contribution in [0.3, 0.4) is 0 Å². The summed E-state index contributed by atoms with van der Waals surface area (Å²) in [4.78, 5) is 8.44. The predicted molar refractivity (Wildman–Crippen MR) is 74.8 cm³/mol. The molecule has 0 atom stereocenters. The quantitative estimate of drug-likeness (QED) is 0.677. The number of para-hydroxylation sites is 1. The first-order chi connectivity index (χ1) is 9.74. The molecule has 0 amide bonds. The van der Waals surface area contributed by atoms with Crippen molar-refractivity contribution in [2.24, 2.45) is 0 Å². The van der Waals surface area contributed by atoms with Crippen LogP contribution in [-0.2, 0) is 5.75 Å². The second-order valence-electron chi connectivity index (χ2n) is 4.16. The number of pyridine rings is 1. The van der Waals surface area contributed by atoms with E-state index < -0.39 is 6.55 Å². The zero-order valence-corrected chi connectivity index (χ0v) is 11.2. The SMILES string of the molecule is FC(F)n1ccnc1CSc1ccc2ccccc2n1. The van der Waals surface area contributed by atoms with Crippen LogP contribution in [0.5, 0.6) is 0 Å². The van der Waals surface area contributed by atoms with Crippen LogP contribution in [0.25, 0.3) is 10.9 Å². The predicted octanol–water partition coefficient (Wildman–Crippen LogP) is 4.12. The van der Waals surface area contributed by atoms with Crippen molar-refractivity contribution >= 4 is 22.7 Å². The highest BCUT2D eigenvalue weighted by atomic mass is 32.2. The molecular weight excluding hydrogens is 280 g/mol. The summed E-state index contributed by atoms with van der Waals surface area (Å²) < 4.78 is 26.3. The topological polar surface area (TPSA) is 30.7 Å². The van der Waals surface area contributed by atoms with Crippen LogP contribution in [0.15, 0.2) is 53.8 Å². The molecule has 0 spiro atoms. The first-order valence-electron chi connectivity index (χ1n) is 6.02. The highest BCUT2D eigenvalue weighted by Gasteiger charge is 2.11. The molecule has 0 saturated heterocycles. The lowest BCUT2D eigenvalue weighted by Crippen LogP contribution is -2.02. The number of rotatable bonds is 4. The molecule has 0 unspecified atom stereocenters. The number of benzene rings is 1. The van der Waals surface area contributed by atoms with Crippen molar-refractivity contribution in [1.29, 1.82) is 0 Å². The van der Waals surface area contributed by atoms with E-state index in [4.69, 9.17) is 0 Å². The van der Waals surface area contributed by atoms with Gasteiger partial charge >= 0.3 is 6.55 Å². The van der Waals surface area contributed by atoms with Crippen molar-refractivity contribution in [2.75, 3.05) is 0 Å². The number of thioether (sulfide) groups is 1. The van der Waals surface area contributed by atoms with Crippen LogP contribution in [0.4, 0.5) is 8.78 Å². The summed E-state index contributed by atoms with van der Waals surface area (Å²) >= 11 is 1.40. The molecule has 0 aliphatic heterocycles. The molecule has 20 heavy (non-hydrogen) atoms. The summed E-state index contributed by atoms with van der Waals surface area (Å²) in [5.74, 6) is 0.711. The Hall–Kier alpha value is -1.95. The van der Waals surface area contributed by atoms with Crippen molar-refractivity contribution in [3.05, 3.63) is 54.6 Å². The zero-order valence-electron chi connectivity index (χ0n) is 10.4. The average Bonchev–Trinajstić information content (AvgIpc) is 2.93. The number of nitrogens with zero attached hydrogens (tertiary/aromatic N) is 3. The Morgan fingerprint density at radius 1 is 1.15 bits per heavy atom. The van der Waals surface area contributed by atoms with E-state index in [-0.39, 0.29) is 0 Å². The van der Waals surface area contributed by atoms with Gasteiger partial charge in [0.05, 0.1) is 16.3 Å². The van der Waals surface area contributed by atoms with Gasteiger partial charge in [0, 0.05) is 17.8 Å². The lowest BCUT2D eigenvalue weighted by atomic mass is 10.2. The molecule has 1 aromatic carbocycles.